The first-order chi connectivity index (χ1) is 6.02. The van der Waals surface area contributed by atoms with E-state index in [4.69, 9.17) is 4.55 Å². The number of aliphatic hydroxyl groups is 1. The quantitative estimate of drug-likeness (QED) is 0.683. The summed E-state index contributed by atoms with van der Waals surface area (Å²) < 4.78 is 21.0. The zero-order valence-corrected chi connectivity index (χ0v) is 8.23. The molecule has 1 unspecified atom stereocenters. The molecule has 3 atom stereocenters. The summed E-state index contributed by atoms with van der Waals surface area (Å²) in [5, 5.41) is 8.82. The molecular weight excluding hydrogens is 192 g/mol. The molecule has 0 aliphatic carbocycles. The first kappa shape index (κ1) is 10.4. The van der Waals surface area contributed by atoms with Gasteiger partial charge in [0, 0.05) is 13.2 Å². The summed E-state index contributed by atoms with van der Waals surface area (Å²) in [4.78, 5) is 3.89. The van der Waals surface area contributed by atoms with Crippen LogP contribution in [0.5, 0.6) is 0 Å². The number of imidazole rings is 1. The number of aliphatic hydroxyl groups excluding tert-OH is 1. The summed E-state index contributed by atoms with van der Waals surface area (Å²) in [5.74, 6) is 0. The Morgan fingerprint density at radius 3 is 2.69 bits per heavy atom. The van der Waals surface area contributed by atoms with Gasteiger partial charge in [0.25, 0.3) is 0 Å². The van der Waals surface area contributed by atoms with Gasteiger partial charge in [-0.25, -0.2) is 9.19 Å². The Balaban J connectivity index is 2.78. The summed E-state index contributed by atoms with van der Waals surface area (Å²) in [6.45, 7) is 1.50. The summed E-state index contributed by atoms with van der Waals surface area (Å²) in [6, 6.07) is 0. The average molecular weight is 204 g/mol. The number of aryl methyl sites for hydroxylation is 1. The maximum atomic E-state index is 10.6. The van der Waals surface area contributed by atoms with Crippen LogP contribution in [0.4, 0.5) is 0 Å². The van der Waals surface area contributed by atoms with Gasteiger partial charge in [-0.3, -0.25) is 0 Å². The van der Waals surface area contributed by atoms with E-state index in [-0.39, 0.29) is 0 Å². The van der Waals surface area contributed by atoms with Gasteiger partial charge in [-0.05, 0) is 6.92 Å². The Labute approximate surface area is 78.7 Å². The van der Waals surface area contributed by atoms with E-state index in [9.17, 15) is 9.32 Å². The van der Waals surface area contributed by atoms with Gasteiger partial charge in [0.1, 0.15) is 6.10 Å². The Morgan fingerprint density at radius 2 is 2.31 bits per heavy atom. The maximum absolute atomic E-state index is 10.6. The maximum Gasteiger partial charge on any atom is 0.158 e. The van der Waals surface area contributed by atoms with Gasteiger partial charge in [-0.15, -0.1) is 0 Å². The lowest BCUT2D eigenvalue weighted by atomic mass is 10.2. The summed E-state index contributed by atoms with van der Waals surface area (Å²) >= 11 is -2.03. The van der Waals surface area contributed by atoms with Crippen LogP contribution < -0.4 is 0 Å². The molecule has 2 N–H and O–H groups in total. The van der Waals surface area contributed by atoms with Crippen LogP contribution in [0.15, 0.2) is 12.5 Å². The van der Waals surface area contributed by atoms with Crippen LogP contribution in [-0.4, -0.2) is 28.7 Å². The average Bonchev–Trinajstić information content (AvgIpc) is 2.49. The number of hydrogen-bond acceptors (Lipinski definition) is 3. The highest BCUT2D eigenvalue weighted by Crippen LogP contribution is 2.17. The fourth-order valence-corrected chi connectivity index (χ4v) is 1.30. The van der Waals surface area contributed by atoms with Crippen LogP contribution >= 0.6 is 0 Å². The summed E-state index contributed by atoms with van der Waals surface area (Å²) in [7, 11) is 1.77. The SMILES string of the molecule is C[C@@H]([C@@H](O)c1cn(C)cn1)S(=O)O. The van der Waals surface area contributed by atoms with E-state index in [1.165, 1.54) is 13.3 Å². The zero-order chi connectivity index (χ0) is 10.0. The molecule has 0 spiro atoms. The molecule has 0 aliphatic rings. The lowest BCUT2D eigenvalue weighted by Crippen LogP contribution is -2.20. The first-order valence-electron chi connectivity index (χ1n) is 3.78. The van der Waals surface area contributed by atoms with E-state index < -0.39 is 22.4 Å². The predicted molar refractivity (Wildman–Crippen MR) is 48.4 cm³/mol. The topological polar surface area (TPSA) is 75.3 Å². The van der Waals surface area contributed by atoms with E-state index in [1.54, 1.807) is 17.8 Å². The van der Waals surface area contributed by atoms with Crippen LogP contribution in [0.1, 0.15) is 18.7 Å². The Bertz CT molecular complexity index is 312. The number of nitrogens with zero attached hydrogens (tertiary/aromatic N) is 2. The molecule has 1 aromatic rings. The molecule has 0 amide bonds. The van der Waals surface area contributed by atoms with Crippen molar-refractivity contribution in [3.05, 3.63) is 18.2 Å². The molecule has 13 heavy (non-hydrogen) atoms. The predicted octanol–water partition coefficient (Wildman–Crippen LogP) is 0.0637. The smallest absolute Gasteiger partial charge is 0.158 e. The molecule has 0 aliphatic heterocycles. The van der Waals surface area contributed by atoms with E-state index in [2.05, 4.69) is 4.98 Å². The standard InChI is InChI=1S/C7H12N2O3S/c1-5(13(11)12)7(10)6-3-9(2)4-8-6/h3-5,7,10H,1-2H3,(H,11,12)/t5-,7+/m0/s1. The number of hydrogen-bond donors (Lipinski definition) is 2. The highest BCUT2D eigenvalue weighted by Gasteiger charge is 2.22. The minimum absolute atomic E-state index is 0.414. The van der Waals surface area contributed by atoms with Crippen LogP contribution in [0.2, 0.25) is 0 Å². The first-order valence-corrected chi connectivity index (χ1v) is 4.95. The van der Waals surface area contributed by atoms with Crippen molar-refractivity contribution in [3.8, 4) is 0 Å². The molecule has 0 saturated carbocycles. The molecule has 0 radical (unpaired) electrons. The molecule has 1 heterocycles. The monoisotopic (exact) mass is 204 g/mol. The van der Waals surface area contributed by atoms with Gasteiger partial charge < -0.3 is 14.2 Å². The second-order valence-electron chi connectivity index (χ2n) is 2.89. The number of rotatable bonds is 3. The molecule has 0 fully saturated rings. The third kappa shape index (κ3) is 2.36. The molecule has 0 aromatic carbocycles. The molecule has 6 heteroatoms. The van der Waals surface area contributed by atoms with Gasteiger partial charge in [0.05, 0.1) is 17.3 Å². The third-order valence-electron chi connectivity index (χ3n) is 1.79. The van der Waals surface area contributed by atoms with Crippen LogP contribution in [0.25, 0.3) is 0 Å². The van der Waals surface area contributed by atoms with E-state index in [0.29, 0.717) is 5.69 Å². The fraction of sp³-hybridized carbons (Fsp3) is 0.571. The second-order valence-corrected chi connectivity index (χ2v) is 4.19. The highest BCUT2D eigenvalue weighted by molar-refractivity contribution is 7.79. The lowest BCUT2D eigenvalue weighted by Gasteiger charge is -2.12. The Hall–Kier alpha value is -0.720. The van der Waals surface area contributed by atoms with Crippen molar-refractivity contribution in [1.29, 1.82) is 0 Å². The summed E-state index contributed by atoms with van der Waals surface area (Å²) in [6.07, 6.45) is 2.16. The van der Waals surface area contributed by atoms with E-state index in [0.717, 1.165) is 0 Å². The van der Waals surface area contributed by atoms with Gasteiger partial charge in [-0.2, -0.15) is 0 Å². The van der Waals surface area contributed by atoms with Crippen molar-refractivity contribution in [3.63, 3.8) is 0 Å². The van der Waals surface area contributed by atoms with Crippen LogP contribution in [0, 0.1) is 0 Å². The molecule has 5 nitrogen and oxygen atoms in total. The summed E-state index contributed by atoms with van der Waals surface area (Å²) in [5.41, 5.74) is 0.414. The van der Waals surface area contributed by atoms with Crippen molar-refractivity contribution in [2.45, 2.75) is 18.3 Å². The normalized spacial score (nSPS) is 18.2. The fourth-order valence-electron chi connectivity index (χ4n) is 0.937. The highest BCUT2D eigenvalue weighted by atomic mass is 32.2. The molecule has 0 saturated heterocycles. The minimum Gasteiger partial charge on any atom is -0.385 e. The van der Waals surface area contributed by atoms with Gasteiger partial charge in [0.15, 0.2) is 11.1 Å². The van der Waals surface area contributed by atoms with Crippen molar-refractivity contribution >= 4 is 11.1 Å². The Morgan fingerprint density at radius 1 is 1.69 bits per heavy atom. The van der Waals surface area contributed by atoms with Gasteiger partial charge in [0.2, 0.25) is 0 Å². The molecule has 74 valence electrons. The molecule has 1 rings (SSSR count). The van der Waals surface area contributed by atoms with E-state index in [1.807, 2.05) is 0 Å². The van der Waals surface area contributed by atoms with Crippen molar-refractivity contribution in [1.82, 2.24) is 9.55 Å². The van der Waals surface area contributed by atoms with Crippen LogP contribution in [-0.2, 0) is 18.1 Å². The van der Waals surface area contributed by atoms with Crippen molar-refractivity contribution in [2.24, 2.45) is 7.05 Å². The van der Waals surface area contributed by atoms with Crippen molar-refractivity contribution in [2.75, 3.05) is 0 Å². The second kappa shape index (κ2) is 3.99. The van der Waals surface area contributed by atoms with E-state index >= 15 is 0 Å². The van der Waals surface area contributed by atoms with Gasteiger partial charge in [-0.1, -0.05) is 0 Å². The third-order valence-corrected chi connectivity index (χ3v) is 2.68. The lowest BCUT2D eigenvalue weighted by molar-refractivity contribution is 0.171. The van der Waals surface area contributed by atoms with Crippen LogP contribution in [0.3, 0.4) is 0 Å². The molecule has 0 bridgehead atoms. The van der Waals surface area contributed by atoms with Gasteiger partial charge >= 0.3 is 0 Å². The van der Waals surface area contributed by atoms with Crippen molar-refractivity contribution < 1.29 is 13.9 Å². The minimum atomic E-state index is -2.03. The molecule has 1 aromatic heterocycles. The number of aromatic nitrogens is 2. The Kier molecular flexibility index (Phi) is 3.18. The zero-order valence-electron chi connectivity index (χ0n) is 7.41. The molecular formula is C7H12N2O3S. The largest absolute Gasteiger partial charge is 0.385 e.